The van der Waals surface area contributed by atoms with Crippen molar-refractivity contribution in [1.29, 1.82) is 0 Å². The summed E-state index contributed by atoms with van der Waals surface area (Å²) < 4.78 is 0. The van der Waals surface area contributed by atoms with E-state index in [1.807, 2.05) is 6.07 Å². The Morgan fingerprint density at radius 2 is 1.47 bits per heavy atom. The van der Waals surface area contributed by atoms with Gasteiger partial charge in [0.15, 0.2) is 11.6 Å². The first-order chi connectivity index (χ1) is 18.2. The molecule has 1 aromatic carbocycles. The van der Waals surface area contributed by atoms with Crippen LogP contribution in [0.25, 0.3) is 0 Å². The molecule has 4 amide bonds. The van der Waals surface area contributed by atoms with Crippen molar-refractivity contribution in [1.82, 2.24) is 15.5 Å². The third kappa shape index (κ3) is 11.3. The predicted molar refractivity (Wildman–Crippen MR) is 136 cm³/mol. The molecule has 0 saturated carbocycles. The molecule has 1 heterocycles. The molecule has 0 spiro atoms. The number of rotatable bonds is 18. The van der Waals surface area contributed by atoms with Crippen LogP contribution in [0.4, 0.5) is 0 Å². The maximum atomic E-state index is 12.5. The maximum Gasteiger partial charge on any atom is 0.303 e. The Labute approximate surface area is 220 Å². The number of hydrogen-bond acceptors (Lipinski definition) is 7. The van der Waals surface area contributed by atoms with Crippen LogP contribution < -0.4 is 10.6 Å². The van der Waals surface area contributed by atoms with Gasteiger partial charge in [-0.05, 0) is 24.8 Å². The summed E-state index contributed by atoms with van der Waals surface area (Å²) in [5.74, 6) is -3.36. The molecule has 0 unspecified atom stereocenters. The zero-order chi connectivity index (χ0) is 27.9. The van der Waals surface area contributed by atoms with Gasteiger partial charge < -0.3 is 15.7 Å². The maximum absolute atomic E-state index is 12.5. The highest BCUT2D eigenvalue weighted by Crippen LogP contribution is 2.09. The van der Waals surface area contributed by atoms with Crippen molar-refractivity contribution < 1.29 is 38.7 Å². The summed E-state index contributed by atoms with van der Waals surface area (Å²) in [6, 6.07) is 8.08. The first kappa shape index (κ1) is 30.1. The van der Waals surface area contributed by atoms with Gasteiger partial charge in [-0.1, -0.05) is 36.8 Å². The van der Waals surface area contributed by atoms with E-state index in [2.05, 4.69) is 10.6 Å². The average molecular weight is 528 g/mol. The summed E-state index contributed by atoms with van der Waals surface area (Å²) in [4.78, 5) is 83.9. The molecule has 0 fully saturated rings. The van der Waals surface area contributed by atoms with E-state index >= 15 is 0 Å². The molecule has 1 aromatic rings. The first-order valence-corrected chi connectivity index (χ1v) is 12.6. The third-order valence-corrected chi connectivity index (χ3v) is 5.89. The van der Waals surface area contributed by atoms with Crippen molar-refractivity contribution in [3.8, 4) is 0 Å². The molecule has 0 aliphatic carbocycles. The van der Waals surface area contributed by atoms with Crippen molar-refractivity contribution in [3.05, 3.63) is 48.0 Å². The molecule has 11 nitrogen and oxygen atoms in total. The number of hydrogen-bond donors (Lipinski definition) is 3. The monoisotopic (exact) mass is 527 g/mol. The lowest BCUT2D eigenvalue weighted by Gasteiger charge is -2.18. The van der Waals surface area contributed by atoms with Gasteiger partial charge in [-0.3, -0.25) is 38.5 Å². The molecule has 1 aliphatic rings. The lowest BCUT2D eigenvalue weighted by atomic mass is 9.99. The summed E-state index contributed by atoms with van der Waals surface area (Å²) in [6.45, 7) is 0.0732. The summed E-state index contributed by atoms with van der Waals surface area (Å²) in [6.07, 6.45) is 3.72. The van der Waals surface area contributed by atoms with Crippen LogP contribution in [-0.2, 0) is 40.0 Å². The minimum atomic E-state index is -1.11. The Morgan fingerprint density at radius 1 is 0.789 bits per heavy atom. The van der Waals surface area contributed by atoms with Gasteiger partial charge in [0.05, 0.1) is 19.0 Å². The molecule has 1 aliphatic heterocycles. The molecule has 0 saturated heterocycles. The fraction of sp³-hybridized carbons (Fsp3) is 0.444. The Hall–Kier alpha value is -4.15. The van der Waals surface area contributed by atoms with Gasteiger partial charge >= 0.3 is 5.97 Å². The summed E-state index contributed by atoms with van der Waals surface area (Å²) in [7, 11) is 0. The van der Waals surface area contributed by atoms with E-state index in [4.69, 9.17) is 5.11 Å². The second kappa shape index (κ2) is 15.9. The van der Waals surface area contributed by atoms with Crippen LogP contribution in [0.2, 0.25) is 0 Å². The number of benzene rings is 1. The summed E-state index contributed by atoms with van der Waals surface area (Å²) in [5, 5.41) is 14.0. The SMILES string of the molecule is O=C(O)CCC(=O)[C@H](Cc1ccccc1)NC(=O)CCC(=O)CNC(=O)CCCCCN1C(=O)C=CC1=O. The minimum Gasteiger partial charge on any atom is -0.481 e. The van der Waals surface area contributed by atoms with E-state index in [0.717, 1.165) is 10.5 Å². The number of unbranched alkanes of at least 4 members (excludes halogenated alkanes) is 2. The standard InChI is InChI=1S/C27H33N3O8/c31-20(18-28-23(33)9-5-2-6-16-30-25(35)13-14-26(30)36)10-12-24(34)29-21(22(32)11-15-27(37)38)17-19-7-3-1-4-8-19/h1,3-4,7-8,13-14,21H,2,5-6,9-12,15-18H2,(H,28,33)(H,29,34)(H,37,38)/t21-/m0/s1. The Balaban J connectivity index is 1.65. The zero-order valence-electron chi connectivity index (χ0n) is 21.1. The van der Waals surface area contributed by atoms with E-state index in [-0.39, 0.29) is 68.6 Å². The number of carboxylic acid groups (broad SMARTS) is 1. The molecule has 3 N–H and O–H groups in total. The van der Waals surface area contributed by atoms with Gasteiger partial charge in [-0.2, -0.15) is 0 Å². The highest BCUT2D eigenvalue weighted by molar-refractivity contribution is 6.12. The lowest BCUT2D eigenvalue weighted by molar-refractivity contribution is -0.139. The molecule has 0 bridgehead atoms. The number of imide groups is 1. The molecule has 2 rings (SSSR count). The van der Waals surface area contributed by atoms with Crippen molar-refractivity contribution >= 4 is 41.2 Å². The molecule has 11 heteroatoms. The van der Waals surface area contributed by atoms with E-state index in [9.17, 15) is 33.6 Å². The molecule has 1 atom stereocenters. The number of ketones is 2. The van der Waals surface area contributed by atoms with Crippen LogP contribution >= 0.6 is 0 Å². The van der Waals surface area contributed by atoms with Crippen molar-refractivity contribution in [2.24, 2.45) is 0 Å². The molecule has 38 heavy (non-hydrogen) atoms. The Morgan fingerprint density at radius 3 is 2.13 bits per heavy atom. The smallest absolute Gasteiger partial charge is 0.303 e. The fourth-order valence-corrected chi connectivity index (χ4v) is 3.78. The molecular formula is C27H33N3O8. The molecule has 0 radical (unpaired) electrons. The highest BCUT2D eigenvalue weighted by atomic mass is 16.4. The predicted octanol–water partition coefficient (Wildman–Crippen LogP) is 1.10. The van der Waals surface area contributed by atoms with Crippen molar-refractivity contribution in [2.45, 2.75) is 63.8 Å². The lowest BCUT2D eigenvalue weighted by Crippen LogP contribution is -2.42. The topological polar surface area (TPSA) is 167 Å². The molecule has 204 valence electrons. The van der Waals surface area contributed by atoms with Crippen LogP contribution in [-0.4, -0.2) is 70.3 Å². The van der Waals surface area contributed by atoms with Crippen LogP contribution in [0, 0.1) is 0 Å². The van der Waals surface area contributed by atoms with Gasteiger partial charge in [-0.25, -0.2) is 0 Å². The Kier molecular flexibility index (Phi) is 12.5. The van der Waals surface area contributed by atoms with Gasteiger partial charge in [0, 0.05) is 44.4 Å². The van der Waals surface area contributed by atoms with E-state index in [1.165, 1.54) is 12.2 Å². The third-order valence-electron chi connectivity index (χ3n) is 5.89. The van der Waals surface area contributed by atoms with E-state index in [1.54, 1.807) is 24.3 Å². The minimum absolute atomic E-state index is 0.126. The average Bonchev–Trinajstić information content (AvgIpc) is 3.21. The van der Waals surface area contributed by atoms with Crippen molar-refractivity contribution in [2.75, 3.05) is 13.1 Å². The van der Waals surface area contributed by atoms with Crippen LogP contribution in [0.3, 0.4) is 0 Å². The summed E-state index contributed by atoms with van der Waals surface area (Å²) in [5.41, 5.74) is 0.801. The van der Waals surface area contributed by atoms with Gasteiger partial charge in [-0.15, -0.1) is 0 Å². The fourth-order valence-electron chi connectivity index (χ4n) is 3.78. The highest BCUT2D eigenvalue weighted by Gasteiger charge is 2.23. The largest absolute Gasteiger partial charge is 0.481 e. The zero-order valence-corrected chi connectivity index (χ0v) is 21.1. The normalized spacial score (nSPS) is 13.3. The van der Waals surface area contributed by atoms with Crippen molar-refractivity contribution in [3.63, 3.8) is 0 Å². The first-order valence-electron chi connectivity index (χ1n) is 12.6. The number of Topliss-reactive ketones (excluding diaryl/α,β-unsaturated/α-hetero) is 2. The number of carbonyl (C=O) groups is 7. The van der Waals surface area contributed by atoms with Gasteiger partial charge in [0.1, 0.15) is 0 Å². The number of aliphatic carboxylic acids is 1. The number of nitrogens with one attached hydrogen (secondary N) is 2. The quantitative estimate of drug-likeness (QED) is 0.188. The molecular weight excluding hydrogens is 494 g/mol. The number of carbonyl (C=O) groups excluding carboxylic acids is 6. The van der Waals surface area contributed by atoms with Gasteiger partial charge in [0.25, 0.3) is 11.8 Å². The summed E-state index contributed by atoms with van der Waals surface area (Å²) >= 11 is 0. The number of carboxylic acids is 1. The second-order valence-electron chi connectivity index (χ2n) is 8.96. The second-order valence-corrected chi connectivity index (χ2v) is 8.96. The van der Waals surface area contributed by atoms with Gasteiger partial charge in [0.2, 0.25) is 11.8 Å². The number of amides is 4. The van der Waals surface area contributed by atoms with E-state index < -0.39 is 23.7 Å². The molecule has 0 aromatic heterocycles. The van der Waals surface area contributed by atoms with Crippen LogP contribution in [0.1, 0.15) is 56.9 Å². The van der Waals surface area contributed by atoms with E-state index in [0.29, 0.717) is 25.8 Å². The van der Waals surface area contributed by atoms with Crippen LogP contribution in [0.15, 0.2) is 42.5 Å². The number of nitrogens with zero attached hydrogens (tertiary/aromatic N) is 1. The van der Waals surface area contributed by atoms with Crippen LogP contribution in [0.5, 0.6) is 0 Å². The Bertz CT molecular complexity index is 1050.